The molecule has 0 radical (unpaired) electrons. The molecule has 21 heavy (non-hydrogen) atoms. The summed E-state index contributed by atoms with van der Waals surface area (Å²) < 4.78 is 10.1. The van der Waals surface area contributed by atoms with Gasteiger partial charge in [0.25, 0.3) is 0 Å². The number of morpholine rings is 1. The summed E-state index contributed by atoms with van der Waals surface area (Å²) in [5, 5.41) is 12.7. The fourth-order valence-corrected chi connectivity index (χ4v) is 2.36. The fourth-order valence-electron chi connectivity index (χ4n) is 2.36. The second-order valence-corrected chi connectivity index (χ2v) is 4.97. The van der Waals surface area contributed by atoms with Crippen LogP contribution in [0.15, 0.2) is 34.9 Å². The number of ether oxygens (including phenoxy) is 1. The van der Waals surface area contributed by atoms with E-state index >= 15 is 0 Å². The van der Waals surface area contributed by atoms with E-state index in [1.165, 1.54) is 6.07 Å². The molecule has 0 saturated carbocycles. The van der Waals surface area contributed by atoms with Crippen LogP contribution in [0.3, 0.4) is 0 Å². The lowest BCUT2D eigenvalue weighted by Crippen LogP contribution is -2.35. The molecule has 1 fully saturated rings. The van der Waals surface area contributed by atoms with Crippen LogP contribution in [0.4, 0.5) is 0 Å². The third-order valence-corrected chi connectivity index (χ3v) is 3.45. The maximum absolute atomic E-state index is 10.8. The average Bonchev–Trinajstić information content (AvgIpc) is 2.99. The van der Waals surface area contributed by atoms with Gasteiger partial charge >= 0.3 is 5.97 Å². The molecule has 0 unspecified atom stereocenters. The van der Waals surface area contributed by atoms with E-state index in [1.54, 1.807) is 0 Å². The number of nitrogens with zero attached hydrogens (tertiary/aromatic N) is 2. The SMILES string of the molecule is O=C(O)c1cc(-c2cccc(CN3CCOCC3)c2)no1. The summed E-state index contributed by atoms with van der Waals surface area (Å²) in [6.45, 7) is 4.24. The molecule has 0 bridgehead atoms. The summed E-state index contributed by atoms with van der Waals surface area (Å²) in [6, 6.07) is 9.35. The molecule has 0 aliphatic carbocycles. The highest BCUT2D eigenvalue weighted by Gasteiger charge is 2.14. The van der Waals surface area contributed by atoms with Crippen LogP contribution in [0, 0.1) is 0 Å². The van der Waals surface area contributed by atoms with Crippen LogP contribution in [-0.2, 0) is 11.3 Å². The van der Waals surface area contributed by atoms with Gasteiger partial charge in [-0.25, -0.2) is 4.79 Å². The molecule has 3 rings (SSSR count). The van der Waals surface area contributed by atoms with E-state index in [-0.39, 0.29) is 5.76 Å². The Kier molecular flexibility index (Phi) is 3.98. The number of aromatic carboxylic acids is 1. The quantitative estimate of drug-likeness (QED) is 0.925. The van der Waals surface area contributed by atoms with Crippen LogP contribution in [0.1, 0.15) is 16.1 Å². The van der Waals surface area contributed by atoms with Crippen molar-refractivity contribution >= 4 is 5.97 Å². The van der Waals surface area contributed by atoms with Gasteiger partial charge in [0.15, 0.2) is 0 Å². The van der Waals surface area contributed by atoms with Crippen molar-refractivity contribution in [2.24, 2.45) is 0 Å². The first kappa shape index (κ1) is 13.8. The predicted molar refractivity (Wildman–Crippen MR) is 75.0 cm³/mol. The van der Waals surface area contributed by atoms with Crippen molar-refractivity contribution in [3.8, 4) is 11.3 Å². The highest BCUT2D eigenvalue weighted by atomic mass is 16.5. The molecule has 0 atom stereocenters. The fraction of sp³-hybridized carbons (Fsp3) is 0.333. The molecule has 6 heteroatoms. The molecule has 6 nitrogen and oxygen atoms in total. The molecule has 0 spiro atoms. The molecule has 0 amide bonds. The summed E-state index contributed by atoms with van der Waals surface area (Å²) in [6.07, 6.45) is 0. The monoisotopic (exact) mass is 288 g/mol. The van der Waals surface area contributed by atoms with Crippen LogP contribution in [-0.4, -0.2) is 47.4 Å². The van der Waals surface area contributed by atoms with E-state index < -0.39 is 5.97 Å². The molecule has 2 heterocycles. The van der Waals surface area contributed by atoms with E-state index in [4.69, 9.17) is 14.4 Å². The summed E-state index contributed by atoms with van der Waals surface area (Å²) >= 11 is 0. The zero-order valence-corrected chi connectivity index (χ0v) is 11.5. The van der Waals surface area contributed by atoms with Gasteiger partial charge in [0.1, 0.15) is 5.69 Å². The topological polar surface area (TPSA) is 75.8 Å². The molecule has 1 aliphatic heterocycles. The van der Waals surface area contributed by atoms with Crippen molar-refractivity contribution in [1.82, 2.24) is 10.1 Å². The number of rotatable bonds is 4. The minimum Gasteiger partial charge on any atom is -0.475 e. The molecule has 2 aromatic rings. The number of carbonyl (C=O) groups is 1. The van der Waals surface area contributed by atoms with Gasteiger partial charge < -0.3 is 14.4 Å². The number of hydrogen-bond donors (Lipinski definition) is 1. The second-order valence-electron chi connectivity index (χ2n) is 4.97. The third kappa shape index (κ3) is 3.29. The summed E-state index contributed by atoms with van der Waals surface area (Å²) in [7, 11) is 0. The van der Waals surface area contributed by atoms with Gasteiger partial charge in [0, 0.05) is 31.3 Å². The van der Waals surface area contributed by atoms with Crippen molar-refractivity contribution in [3.05, 3.63) is 41.7 Å². The Morgan fingerprint density at radius 1 is 1.29 bits per heavy atom. The Bertz CT molecular complexity index is 632. The van der Waals surface area contributed by atoms with Crippen LogP contribution in [0.25, 0.3) is 11.3 Å². The van der Waals surface area contributed by atoms with E-state index in [9.17, 15) is 4.79 Å². The molecule has 1 N–H and O–H groups in total. The Hall–Kier alpha value is -2.18. The number of aromatic nitrogens is 1. The molecule has 1 aliphatic rings. The number of carboxylic acids is 1. The lowest BCUT2D eigenvalue weighted by atomic mass is 10.1. The second kappa shape index (κ2) is 6.07. The number of hydrogen-bond acceptors (Lipinski definition) is 5. The van der Waals surface area contributed by atoms with Gasteiger partial charge in [-0.05, 0) is 11.6 Å². The van der Waals surface area contributed by atoms with Gasteiger partial charge in [-0.15, -0.1) is 0 Å². The minimum absolute atomic E-state index is 0.149. The number of benzene rings is 1. The first-order valence-corrected chi connectivity index (χ1v) is 6.82. The molecule has 1 aromatic carbocycles. The Morgan fingerprint density at radius 2 is 2.10 bits per heavy atom. The Morgan fingerprint density at radius 3 is 2.81 bits per heavy atom. The van der Waals surface area contributed by atoms with Crippen molar-refractivity contribution < 1.29 is 19.2 Å². The Balaban J connectivity index is 1.76. The molecular weight excluding hydrogens is 272 g/mol. The summed E-state index contributed by atoms with van der Waals surface area (Å²) in [5.41, 5.74) is 2.56. The van der Waals surface area contributed by atoms with Crippen LogP contribution in [0.2, 0.25) is 0 Å². The van der Waals surface area contributed by atoms with Gasteiger partial charge in [0.2, 0.25) is 5.76 Å². The van der Waals surface area contributed by atoms with Gasteiger partial charge in [-0.2, -0.15) is 0 Å². The van der Waals surface area contributed by atoms with Crippen LogP contribution >= 0.6 is 0 Å². The molecule has 1 saturated heterocycles. The zero-order valence-electron chi connectivity index (χ0n) is 11.5. The van der Waals surface area contributed by atoms with E-state index in [2.05, 4.69) is 16.1 Å². The summed E-state index contributed by atoms with van der Waals surface area (Å²) in [4.78, 5) is 13.2. The Labute approximate surface area is 121 Å². The lowest BCUT2D eigenvalue weighted by molar-refractivity contribution is 0.0342. The van der Waals surface area contributed by atoms with Crippen LogP contribution < -0.4 is 0 Å². The molecular formula is C15H16N2O4. The maximum atomic E-state index is 10.8. The van der Waals surface area contributed by atoms with E-state index in [0.717, 1.165) is 44.0 Å². The molecule has 1 aromatic heterocycles. The standard InChI is InChI=1S/C15H16N2O4/c18-15(19)14-9-13(16-21-14)12-3-1-2-11(8-12)10-17-4-6-20-7-5-17/h1-3,8-9H,4-7,10H2,(H,18,19). The predicted octanol–water partition coefficient (Wildman–Crippen LogP) is 1.87. The third-order valence-electron chi connectivity index (χ3n) is 3.45. The van der Waals surface area contributed by atoms with Crippen molar-refractivity contribution in [2.45, 2.75) is 6.54 Å². The van der Waals surface area contributed by atoms with Crippen molar-refractivity contribution in [2.75, 3.05) is 26.3 Å². The van der Waals surface area contributed by atoms with Gasteiger partial charge in [-0.1, -0.05) is 23.4 Å². The normalized spacial score (nSPS) is 16.0. The van der Waals surface area contributed by atoms with E-state index in [1.807, 2.05) is 18.2 Å². The zero-order chi connectivity index (χ0) is 14.7. The largest absolute Gasteiger partial charge is 0.475 e. The van der Waals surface area contributed by atoms with Crippen molar-refractivity contribution in [3.63, 3.8) is 0 Å². The number of carboxylic acid groups (broad SMARTS) is 1. The average molecular weight is 288 g/mol. The highest BCUT2D eigenvalue weighted by Crippen LogP contribution is 2.21. The van der Waals surface area contributed by atoms with E-state index in [0.29, 0.717) is 5.69 Å². The first-order valence-electron chi connectivity index (χ1n) is 6.82. The first-order chi connectivity index (χ1) is 10.2. The molecule has 110 valence electrons. The van der Waals surface area contributed by atoms with Gasteiger partial charge in [-0.3, -0.25) is 4.90 Å². The minimum atomic E-state index is -1.11. The lowest BCUT2D eigenvalue weighted by Gasteiger charge is -2.26. The summed E-state index contributed by atoms with van der Waals surface area (Å²) in [5.74, 6) is -1.26. The van der Waals surface area contributed by atoms with Gasteiger partial charge in [0.05, 0.1) is 13.2 Å². The van der Waals surface area contributed by atoms with Crippen LogP contribution in [0.5, 0.6) is 0 Å². The highest BCUT2D eigenvalue weighted by molar-refractivity contribution is 5.85. The smallest absolute Gasteiger partial charge is 0.374 e. The van der Waals surface area contributed by atoms with Crippen molar-refractivity contribution in [1.29, 1.82) is 0 Å². The maximum Gasteiger partial charge on any atom is 0.374 e.